The van der Waals surface area contributed by atoms with E-state index >= 15 is 0 Å². The zero-order chi connectivity index (χ0) is 22.7. The number of aromatic hydroxyl groups is 1. The van der Waals surface area contributed by atoms with Crippen molar-refractivity contribution in [3.63, 3.8) is 0 Å². The summed E-state index contributed by atoms with van der Waals surface area (Å²) in [5, 5.41) is 35.9. The number of cyclic esters (lactones) is 1. The number of phenols is 1. The van der Waals surface area contributed by atoms with Crippen LogP contribution < -0.4 is 10.6 Å². The minimum atomic E-state index is -1.34. The van der Waals surface area contributed by atoms with Gasteiger partial charge in [-0.15, -0.1) is 0 Å². The highest BCUT2D eigenvalue weighted by atomic mass is 16.5. The number of fused-ring (bicyclic) bond motifs is 1. The lowest BCUT2D eigenvalue weighted by Crippen LogP contribution is -2.50. The van der Waals surface area contributed by atoms with E-state index in [-0.39, 0.29) is 36.0 Å². The Hall–Kier alpha value is -2.65. The van der Waals surface area contributed by atoms with Crippen LogP contribution in [0.4, 0.5) is 0 Å². The van der Waals surface area contributed by atoms with Gasteiger partial charge in [-0.3, -0.25) is 9.59 Å². The van der Waals surface area contributed by atoms with Gasteiger partial charge in [0.05, 0.1) is 24.6 Å². The summed E-state index contributed by atoms with van der Waals surface area (Å²) < 4.78 is 5.53. The zero-order valence-corrected chi connectivity index (χ0v) is 17.7. The smallest absolute Gasteiger partial charge is 0.342 e. The monoisotopic (exact) mass is 434 g/mol. The van der Waals surface area contributed by atoms with E-state index in [0.717, 1.165) is 0 Å². The van der Waals surface area contributed by atoms with E-state index in [1.807, 2.05) is 13.8 Å². The second kappa shape index (κ2) is 9.65. The lowest BCUT2D eigenvalue weighted by molar-refractivity contribution is -0.127. The quantitative estimate of drug-likeness (QED) is 0.372. The van der Waals surface area contributed by atoms with Crippen molar-refractivity contribution in [3.05, 3.63) is 29.3 Å². The topological polar surface area (TPSA) is 145 Å². The van der Waals surface area contributed by atoms with E-state index in [2.05, 4.69) is 10.6 Å². The second-order valence-corrected chi connectivity index (χ2v) is 8.74. The van der Waals surface area contributed by atoms with Gasteiger partial charge in [-0.1, -0.05) is 26.0 Å². The zero-order valence-electron chi connectivity index (χ0n) is 17.7. The molecule has 2 heterocycles. The Morgan fingerprint density at radius 3 is 2.68 bits per heavy atom. The van der Waals surface area contributed by atoms with Crippen LogP contribution in [0.2, 0.25) is 0 Å². The maximum Gasteiger partial charge on any atom is 0.342 e. The van der Waals surface area contributed by atoms with Crippen molar-refractivity contribution in [1.82, 2.24) is 10.6 Å². The van der Waals surface area contributed by atoms with Crippen LogP contribution in [0.1, 0.15) is 55.5 Å². The number of esters is 1. The summed E-state index contributed by atoms with van der Waals surface area (Å²) in [6.07, 6.45) is -2.00. The molecule has 0 radical (unpaired) electrons. The van der Waals surface area contributed by atoms with Gasteiger partial charge >= 0.3 is 5.97 Å². The first-order valence-electron chi connectivity index (χ1n) is 10.6. The standard InChI is InChI=1S/C22H30N2O7/c1-11(2)8-14(17-9-12-4-3-5-15(25)20(12)22(30)31-17)24-19(28)10-16(26)21(29)13-6-7-18(27)23-13/h3-5,11,13-14,16-17,21,25-26,29H,6-10H2,1-2H3,(H,23,27)(H,24,28)/t13-,14+,16-,17+,21+/m1/s1. The van der Waals surface area contributed by atoms with E-state index < -0.39 is 42.3 Å². The number of carbonyl (C=O) groups is 3. The molecule has 1 saturated heterocycles. The normalized spacial score (nSPS) is 23.5. The predicted molar refractivity (Wildman–Crippen MR) is 110 cm³/mol. The van der Waals surface area contributed by atoms with E-state index in [1.165, 1.54) is 6.07 Å². The van der Waals surface area contributed by atoms with E-state index in [0.29, 0.717) is 24.8 Å². The summed E-state index contributed by atoms with van der Waals surface area (Å²) in [7, 11) is 0. The molecule has 0 bridgehead atoms. The van der Waals surface area contributed by atoms with Crippen molar-refractivity contribution in [2.75, 3.05) is 0 Å². The lowest BCUT2D eigenvalue weighted by Gasteiger charge is -2.33. The molecule has 3 rings (SSSR count). The van der Waals surface area contributed by atoms with Crippen LogP contribution in [-0.2, 0) is 20.7 Å². The number of benzene rings is 1. The van der Waals surface area contributed by atoms with Gasteiger partial charge < -0.3 is 30.7 Å². The average Bonchev–Trinajstić information content (AvgIpc) is 3.12. The number of ether oxygens (including phenoxy) is 1. The molecule has 0 aliphatic carbocycles. The molecule has 1 aromatic carbocycles. The van der Waals surface area contributed by atoms with E-state index in [9.17, 15) is 29.7 Å². The molecule has 31 heavy (non-hydrogen) atoms. The summed E-state index contributed by atoms with van der Waals surface area (Å²) in [5.74, 6) is -1.26. The third kappa shape index (κ3) is 5.54. The van der Waals surface area contributed by atoms with E-state index in [1.54, 1.807) is 12.1 Å². The maximum absolute atomic E-state index is 12.6. The van der Waals surface area contributed by atoms with Gasteiger partial charge in [-0.2, -0.15) is 0 Å². The third-order valence-electron chi connectivity index (χ3n) is 5.76. The highest BCUT2D eigenvalue weighted by Crippen LogP contribution is 2.30. The Bertz CT molecular complexity index is 841. The number of carbonyl (C=O) groups excluding carboxylic acids is 3. The van der Waals surface area contributed by atoms with Crippen LogP contribution in [0.15, 0.2) is 18.2 Å². The van der Waals surface area contributed by atoms with Crippen LogP contribution in [0.3, 0.4) is 0 Å². The van der Waals surface area contributed by atoms with Gasteiger partial charge in [0.1, 0.15) is 23.5 Å². The Morgan fingerprint density at radius 2 is 2.03 bits per heavy atom. The molecule has 0 spiro atoms. The fourth-order valence-corrected chi connectivity index (χ4v) is 4.22. The summed E-state index contributed by atoms with van der Waals surface area (Å²) in [6.45, 7) is 3.95. The molecule has 9 heteroatoms. The van der Waals surface area contributed by atoms with Crippen molar-refractivity contribution in [1.29, 1.82) is 0 Å². The van der Waals surface area contributed by atoms with Gasteiger partial charge in [0.25, 0.3) is 0 Å². The predicted octanol–water partition coefficient (Wildman–Crippen LogP) is 0.395. The summed E-state index contributed by atoms with van der Waals surface area (Å²) in [5.41, 5.74) is 0.794. The summed E-state index contributed by atoms with van der Waals surface area (Å²) >= 11 is 0. The average molecular weight is 434 g/mol. The first kappa shape index (κ1) is 23.0. The van der Waals surface area contributed by atoms with Crippen molar-refractivity contribution >= 4 is 17.8 Å². The number of phenolic OH excluding ortho intramolecular Hbond substituents is 1. The molecule has 5 atom stereocenters. The molecule has 170 valence electrons. The molecule has 2 aliphatic heterocycles. The number of hydrogen-bond acceptors (Lipinski definition) is 7. The van der Waals surface area contributed by atoms with Gasteiger partial charge in [-0.05, 0) is 30.4 Å². The number of hydrogen-bond donors (Lipinski definition) is 5. The minimum Gasteiger partial charge on any atom is -0.507 e. The molecule has 1 aromatic rings. The van der Waals surface area contributed by atoms with Crippen LogP contribution in [0.25, 0.3) is 0 Å². The van der Waals surface area contributed by atoms with Crippen LogP contribution in [0.5, 0.6) is 5.75 Å². The van der Waals surface area contributed by atoms with Gasteiger partial charge in [0.15, 0.2) is 0 Å². The summed E-state index contributed by atoms with van der Waals surface area (Å²) in [4.78, 5) is 36.4. The Kier molecular flexibility index (Phi) is 7.17. The number of nitrogens with one attached hydrogen (secondary N) is 2. The molecular weight excluding hydrogens is 404 g/mol. The van der Waals surface area contributed by atoms with Crippen molar-refractivity contribution in [3.8, 4) is 5.75 Å². The SMILES string of the molecule is CC(C)C[C@H](NC(=O)C[C@@H](O)[C@@H](O)[C@H]1CCC(=O)N1)[C@@H]1Cc2cccc(O)c2C(=O)O1. The highest BCUT2D eigenvalue weighted by molar-refractivity contribution is 5.95. The molecule has 2 amide bonds. The number of aliphatic hydroxyl groups excluding tert-OH is 2. The number of aliphatic hydroxyl groups is 2. The van der Waals surface area contributed by atoms with Gasteiger partial charge in [0.2, 0.25) is 11.8 Å². The fourth-order valence-electron chi connectivity index (χ4n) is 4.22. The first-order valence-corrected chi connectivity index (χ1v) is 10.6. The van der Waals surface area contributed by atoms with Crippen LogP contribution >= 0.6 is 0 Å². The molecule has 9 nitrogen and oxygen atoms in total. The third-order valence-corrected chi connectivity index (χ3v) is 5.76. The van der Waals surface area contributed by atoms with Crippen molar-refractivity contribution in [2.24, 2.45) is 5.92 Å². The van der Waals surface area contributed by atoms with Crippen molar-refractivity contribution in [2.45, 2.75) is 76.3 Å². The minimum absolute atomic E-state index is 0.137. The number of rotatable bonds is 8. The Balaban J connectivity index is 1.65. The fraction of sp³-hybridized carbons (Fsp3) is 0.591. The molecule has 0 saturated carbocycles. The Labute approximate surface area is 180 Å². The number of amides is 2. The van der Waals surface area contributed by atoms with Crippen LogP contribution in [-0.4, -0.2) is 63.5 Å². The largest absolute Gasteiger partial charge is 0.507 e. The van der Waals surface area contributed by atoms with E-state index in [4.69, 9.17) is 4.74 Å². The van der Waals surface area contributed by atoms with Crippen molar-refractivity contribution < 1.29 is 34.4 Å². The molecule has 5 N–H and O–H groups in total. The second-order valence-electron chi connectivity index (χ2n) is 8.74. The molecule has 2 aliphatic rings. The molecular formula is C22H30N2O7. The first-order chi connectivity index (χ1) is 14.7. The molecule has 1 fully saturated rings. The van der Waals surface area contributed by atoms with Gasteiger partial charge in [-0.25, -0.2) is 4.79 Å². The maximum atomic E-state index is 12.6. The van der Waals surface area contributed by atoms with Gasteiger partial charge in [0, 0.05) is 12.8 Å². The lowest BCUT2D eigenvalue weighted by atomic mass is 9.90. The highest BCUT2D eigenvalue weighted by Gasteiger charge is 2.36. The summed E-state index contributed by atoms with van der Waals surface area (Å²) in [6, 6.07) is 3.74. The molecule has 0 unspecified atom stereocenters. The molecule has 0 aromatic heterocycles. The Morgan fingerprint density at radius 1 is 1.29 bits per heavy atom. The van der Waals surface area contributed by atoms with Crippen LogP contribution in [0, 0.1) is 5.92 Å².